The van der Waals surface area contributed by atoms with Crippen molar-refractivity contribution in [2.75, 3.05) is 0 Å². The number of rotatable bonds is 12. The first-order valence-electron chi connectivity index (χ1n) is 41.6. The molecule has 4 fully saturated rings. The van der Waals surface area contributed by atoms with Gasteiger partial charge in [0.2, 0.25) is 0 Å². The Morgan fingerprint density at radius 3 is 0.750 bits per heavy atom. The molecule has 0 aliphatic heterocycles. The van der Waals surface area contributed by atoms with Crippen molar-refractivity contribution in [3.63, 3.8) is 0 Å². The number of hydrogen-bond acceptors (Lipinski definition) is 2. The normalized spacial score (nSPS) is 20.6. The molecule has 4 saturated carbocycles. The second-order valence-electron chi connectivity index (χ2n) is 31.4. The van der Waals surface area contributed by atoms with Crippen LogP contribution in [-0.2, 0) is 25.0 Å². The summed E-state index contributed by atoms with van der Waals surface area (Å²) in [5.74, 6) is 2.05. The Kier molecular flexibility index (Phi) is 22.2. The fourth-order valence-electron chi connectivity index (χ4n) is 16.6. The molecule has 4 aliphatic carbocycles. The number of hydrogen-bond donors (Lipinski definition) is 2. The molecule has 0 aromatic heterocycles. The second kappa shape index (κ2) is 32.3. The molecule has 8 aromatic rings. The lowest BCUT2D eigenvalue weighted by Gasteiger charge is -2.40. The van der Waals surface area contributed by atoms with Crippen molar-refractivity contribution in [2.45, 2.75) is 234 Å². The van der Waals surface area contributed by atoms with Crippen LogP contribution in [0.4, 0.5) is 17.6 Å². The van der Waals surface area contributed by atoms with Crippen molar-refractivity contribution in [3.05, 3.63) is 236 Å². The van der Waals surface area contributed by atoms with Crippen LogP contribution in [0.2, 0.25) is 0 Å². The Balaban J connectivity index is 0.000000356. The third kappa shape index (κ3) is 17.7. The third-order valence-corrected chi connectivity index (χ3v) is 22.9. The van der Waals surface area contributed by atoms with Gasteiger partial charge in [0.05, 0.1) is 13.2 Å². The number of benzene rings is 8. The van der Waals surface area contributed by atoms with E-state index >= 15 is 0 Å². The maximum Gasteiger partial charge on any atom is 0.131 e. The Labute approximate surface area is 602 Å². The summed E-state index contributed by atoms with van der Waals surface area (Å²) in [6.07, 6.45) is 19.4. The minimum absolute atomic E-state index is 0.0245. The topological polar surface area (TPSA) is 40.5 Å². The minimum Gasteiger partial charge on any atom is -0.392 e. The zero-order chi connectivity index (χ0) is 81.3. The lowest BCUT2D eigenvalue weighted by molar-refractivity contribution is 0.199. The molecule has 2 N–H and O–H groups in total. The van der Waals surface area contributed by atoms with Crippen LogP contribution in [0.3, 0.4) is 0 Å². The van der Waals surface area contributed by atoms with Gasteiger partial charge in [0.25, 0.3) is 0 Å². The van der Waals surface area contributed by atoms with Crippen LogP contribution in [0, 0.1) is 72.6 Å². The molecule has 12 rings (SSSR count). The van der Waals surface area contributed by atoms with Crippen LogP contribution in [-0.4, -0.2) is 10.2 Å². The third-order valence-electron chi connectivity index (χ3n) is 22.3. The predicted molar refractivity (Wildman–Crippen MR) is 410 cm³/mol. The van der Waals surface area contributed by atoms with E-state index in [0.29, 0.717) is 57.7 Å². The summed E-state index contributed by atoms with van der Waals surface area (Å²) < 4.78 is 118. The van der Waals surface area contributed by atoms with Gasteiger partial charge in [-0.3, -0.25) is 0 Å². The molecule has 8 heteroatoms. The zero-order valence-corrected chi connectivity index (χ0v) is 61.0. The van der Waals surface area contributed by atoms with Gasteiger partial charge in [-0.1, -0.05) is 226 Å². The quantitative estimate of drug-likeness (QED) is 0.0945. The number of aliphatic hydroxyl groups excluding tert-OH is 2. The van der Waals surface area contributed by atoms with Gasteiger partial charge in [0, 0.05) is 51.8 Å². The first kappa shape index (κ1) is 65.9. The highest BCUT2D eigenvalue weighted by molar-refractivity contribution is 6.17. The van der Waals surface area contributed by atoms with E-state index in [1.807, 2.05) is 113 Å². The molecule has 0 spiro atoms. The SMILES string of the molecule is Cc1ccc(F)c(-c2ccc(CCl)cc2[C@@H]2CCCCC2(C)C)c1.Cc1ccc(F)c(-c2ccc(CCl)cc2[C@H]2CCCCC2(C)C)c1.Cc1ccc(F)c(-c2ccc(CO)cc2[C@@H]2CCCCC2(C)C)c1.Cc1ccc(F)c(-c2ccc(CO)cc2[C@H]2CCCCC2(C)C)c1.[3H][3H].[3H][3H].[3H][3H].[3H][3H].[3H][3H].[3H][3H]. The van der Waals surface area contributed by atoms with Crippen molar-refractivity contribution in [2.24, 2.45) is 21.7 Å². The molecule has 96 heavy (non-hydrogen) atoms. The highest BCUT2D eigenvalue weighted by Crippen LogP contribution is 2.54. The van der Waals surface area contributed by atoms with E-state index in [9.17, 15) is 27.8 Å². The zero-order valence-electron chi connectivity index (χ0n) is 71.5. The second-order valence-corrected chi connectivity index (χ2v) is 31.9. The maximum atomic E-state index is 14.6. The molecular weight excluding hydrogens is 1240 g/mol. The van der Waals surface area contributed by atoms with Crippen LogP contribution in [0.5, 0.6) is 0 Å². The Morgan fingerprint density at radius 2 is 0.542 bits per heavy atom. The van der Waals surface area contributed by atoms with Gasteiger partial charge in [-0.05, 0) is 240 Å². The largest absolute Gasteiger partial charge is 0.392 e. The van der Waals surface area contributed by atoms with Crippen LogP contribution >= 0.6 is 23.2 Å². The lowest BCUT2D eigenvalue weighted by Crippen LogP contribution is -2.26. The van der Waals surface area contributed by atoms with Crippen molar-refractivity contribution < 1.29 is 45.6 Å². The summed E-state index contributed by atoms with van der Waals surface area (Å²) in [6.45, 7) is 26.7. The highest BCUT2D eigenvalue weighted by atomic mass is 35.5. The van der Waals surface area contributed by atoms with Gasteiger partial charge in [0.1, 0.15) is 23.3 Å². The van der Waals surface area contributed by atoms with Crippen molar-refractivity contribution in [3.8, 4) is 44.5 Å². The van der Waals surface area contributed by atoms with Gasteiger partial charge < -0.3 is 10.2 Å². The molecule has 4 atom stereocenters. The van der Waals surface area contributed by atoms with Crippen LogP contribution in [0.1, 0.15) is 266 Å². The number of halogens is 6. The predicted octanol–water partition coefficient (Wildman–Crippen LogP) is 27.9. The number of alkyl halides is 2. The lowest BCUT2D eigenvalue weighted by atomic mass is 9.65. The molecule has 4 aliphatic rings. The minimum atomic E-state index is -0.174. The molecule has 0 radical (unpaired) electrons. The molecule has 0 bridgehead atoms. The van der Waals surface area contributed by atoms with Crippen molar-refractivity contribution in [1.82, 2.24) is 0 Å². The van der Waals surface area contributed by atoms with Crippen molar-refractivity contribution in [1.29, 1.82) is 0 Å². The standard InChI is InChI=1S/2C22H26ClF.2C22H27FO.6H2/c2*1-15-7-10-21(24)19(12-15)17-9-8-16(14-23)13-18(17)20-6-4-5-11-22(20,2)3;2*1-15-7-10-21(23)19(12-15)17-9-8-16(14-24)13-18(17)20-6-4-5-11-22(20,2)3;;;;;;/h2*7-10,12-13,20H,4-6,11,14H2,1-3H3;2*7-10,12-13,20,24H,4-6,11,14H2,1-3H3;6*1H/t4*20-;;;;;;/m1010....../s1/i;;;;6*1+2T. The van der Waals surface area contributed by atoms with E-state index in [1.165, 1.54) is 112 Å². The molecule has 0 saturated heterocycles. The smallest absolute Gasteiger partial charge is 0.131 e. The number of aryl methyl sites for hydroxylation is 4. The number of aliphatic hydroxyl groups is 2. The molecule has 524 valence electrons. The van der Waals surface area contributed by atoms with E-state index in [0.717, 1.165) is 79.6 Å². The summed E-state index contributed by atoms with van der Waals surface area (Å²) in [6, 6.07) is 45.9. The van der Waals surface area contributed by atoms with E-state index in [4.69, 9.17) is 41.0 Å². The molecule has 8 aromatic carbocycles. The fourth-order valence-corrected chi connectivity index (χ4v) is 16.9. The Bertz CT molecular complexity index is 3500. The van der Waals surface area contributed by atoms with E-state index in [2.05, 4.69) is 91.8 Å². The molecule has 0 amide bonds. The molecule has 2 nitrogen and oxygen atoms in total. The van der Waals surface area contributed by atoms with Crippen LogP contribution < -0.4 is 0 Å². The van der Waals surface area contributed by atoms with Gasteiger partial charge >= 0.3 is 0 Å². The molecular formula is C88H118Cl2F4O2. The first-order chi connectivity index (χ1) is 51.7. The maximum absolute atomic E-state index is 14.6. The van der Waals surface area contributed by atoms with Gasteiger partial charge in [-0.2, -0.15) is 0 Å². The summed E-state index contributed by atoms with van der Waals surface area (Å²) in [4.78, 5) is 0. The van der Waals surface area contributed by atoms with Gasteiger partial charge in [-0.25, -0.2) is 17.6 Å². The van der Waals surface area contributed by atoms with E-state index in [-0.39, 0.29) is 58.1 Å². The summed E-state index contributed by atoms with van der Waals surface area (Å²) >= 11 is 12.2. The average Bonchev–Trinajstić information content (AvgIpc) is 0.792. The molecule has 0 heterocycles. The van der Waals surface area contributed by atoms with Gasteiger partial charge in [0.15, 0.2) is 0 Å². The Hall–Kier alpha value is -6.02. The fraction of sp³-hybridized carbons (Fsp3) is 0.455. The summed E-state index contributed by atoms with van der Waals surface area (Å²) in [7, 11) is 0. The monoisotopic (exact) mass is 1380 g/mol. The summed E-state index contributed by atoms with van der Waals surface area (Å²) in [5, 5.41) is 19.2. The van der Waals surface area contributed by atoms with Gasteiger partial charge in [-0.15, -0.1) is 23.2 Å². The first-order valence-corrected chi connectivity index (χ1v) is 36.7. The highest BCUT2D eigenvalue weighted by Gasteiger charge is 2.39. The van der Waals surface area contributed by atoms with Crippen LogP contribution in [0.15, 0.2) is 146 Å². The molecule has 0 unspecified atom stereocenters. The Morgan fingerprint density at radius 1 is 0.323 bits per heavy atom. The summed E-state index contributed by atoms with van der Waals surface area (Å²) in [5.41, 5.74) is 20.9. The van der Waals surface area contributed by atoms with E-state index < -0.39 is 0 Å². The van der Waals surface area contributed by atoms with Crippen molar-refractivity contribution >= 4 is 23.2 Å². The van der Waals surface area contributed by atoms with Crippen LogP contribution in [0.25, 0.3) is 44.5 Å². The average molecular weight is 1380 g/mol. The van der Waals surface area contributed by atoms with E-state index in [1.54, 1.807) is 24.3 Å².